The number of hydrogen-bond acceptors (Lipinski definition) is 3. The first kappa shape index (κ1) is 11.5. The number of rotatable bonds is 1. The number of amides is 1. The molecule has 2 aromatic rings. The molecule has 0 aliphatic carbocycles. The zero-order chi connectivity index (χ0) is 12.3. The Morgan fingerprint density at radius 2 is 2.18 bits per heavy atom. The molecule has 2 heterocycles. The van der Waals surface area contributed by atoms with Crippen LogP contribution in [0.15, 0.2) is 47.2 Å². The second-order valence-electron chi connectivity index (χ2n) is 3.29. The Kier molecular flexibility index (Phi) is 3.34. The Morgan fingerprint density at radius 3 is 2.88 bits per heavy atom. The summed E-state index contributed by atoms with van der Waals surface area (Å²) in [6.07, 6.45) is 3.19. The number of hydrogen-bond donors (Lipinski definition) is 2. The summed E-state index contributed by atoms with van der Waals surface area (Å²) < 4.78 is 2.07. The van der Waals surface area contributed by atoms with E-state index >= 15 is 0 Å². The normalized spacial score (nSPS) is 9.94. The number of carbonyl (C=O) groups is 1. The summed E-state index contributed by atoms with van der Waals surface area (Å²) >= 11 is 3.28. The number of pyridine rings is 2. The molecular formula is C11H10BrN4O+. The summed E-state index contributed by atoms with van der Waals surface area (Å²) in [6.45, 7) is 0. The first-order chi connectivity index (χ1) is 8.16. The van der Waals surface area contributed by atoms with Crippen molar-refractivity contribution in [3.8, 4) is 0 Å². The van der Waals surface area contributed by atoms with Gasteiger partial charge in [0.25, 0.3) is 0 Å². The van der Waals surface area contributed by atoms with E-state index in [0.29, 0.717) is 11.6 Å². The van der Waals surface area contributed by atoms with E-state index in [2.05, 4.69) is 26.2 Å². The van der Waals surface area contributed by atoms with Crippen LogP contribution in [0.25, 0.3) is 0 Å². The van der Waals surface area contributed by atoms with Crippen molar-refractivity contribution in [3.05, 3.63) is 47.2 Å². The summed E-state index contributed by atoms with van der Waals surface area (Å²) in [4.78, 5) is 15.9. The lowest BCUT2D eigenvalue weighted by Gasteiger charge is -2.03. The molecule has 0 spiro atoms. The third kappa shape index (κ3) is 2.79. The second kappa shape index (κ2) is 4.92. The number of halogens is 1. The summed E-state index contributed by atoms with van der Waals surface area (Å²) in [5.74, 6) is 0.825. The van der Waals surface area contributed by atoms with Gasteiger partial charge in [-0.15, -0.1) is 0 Å². The summed E-state index contributed by atoms with van der Waals surface area (Å²) in [5, 5.41) is 2.64. The minimum atomic E-state index is -0.359. The number of aromatic nitrogens is 2. The topological polar surface area (TPSA) is 71.9 Å². The molecule has 2 rings (SSSR count). The minimum absolute atomic E-state index is 0.349. The molecule has 1 amide bonds. The molecule has 5 nitrogen and oxygen atoms in total. The lowest BCUT2D eigenvalue weighted by atomic mass is 10.4. The van der Waals surface area contributed by atoms with Crippen LogP contribution in [0.4, 0.5) is 16.4 Å². The number of nitrogens with two attached hydrogens (primary N) is 1. The van der Waals surface area contributed by atoms with Crippen molar-refractivity contribution in [2.75, 3.05) is 11.1 Å². The fraction of sp³-hybridized carbons (Fsp3) is 0. The predicted octanol–water partition coefficient (Wildman–Crippen LogP) is 1.79. The largest absolute Gasteiger partial charge is 0.447 e. The van der Waals surface area contributed by atoms with Gasteiger partial charge < -0.3 is 5.73 Å². The molecule has 0 aliphatic rings. The van der Waals surface area contributed by atoms with Gasteiger partial charge >= 0.3 is 6.03 Å². The zero-order valence-corrected chi connectivity index (χ0v) is 10.4. The molecule has 0 fully saturated rings. The molecule has 0 saturated carbocycles. The van der Waals surface area contributed by atoms with E-state index < -0.39 is 0 Å². The Hall–Kier alpha value is -1.95. The maximum atomic E-state index is 11.9. The SMILES string of the molecule is Nc1ccc(Br)c[n+]1C(=O)Nc1ccccn1. The van der Waals surface area contributed by atoms with E-state index in [1.165, 1.54) is 4.57 Å². The van der Waals surface area contributed by atoms with E-state index in [0.717, 1.165) is 4.47 Å². The van der Waals surface area contributed by atoms with Crippen molar-refractivity contribution in [3.63, 3.8) is 0 Å². The molecule has 0 aliphatic heterocycles. The highest BCUT2D eigenvalue weighted by Crippen LogP contribution is 2.07. The van der Waals surface area contributed by atoms with Crippen LogP contribution in [0.2, 0.25) is 0 Å². The van der Waals surface area contributed by atoms with E-state index in [1.54, 1.807) is 42.7 Å². The lowest BCUT2D eigenvalue weighted by Crippen LogP contribution is -2.48. The maximum Gasteiger partial charge on any atom is 0.447 e. The Balaban J connectivity index is 2.23. The highest BCUT2D eigenvalue weighted by molar-refractivity contribution is 9.10. The van der Waals surface area contributed by atoms with Crippen molar-refractivity contribution >= 4 is 33.6 Å². The molecule has 0 radical (unpaired) electrons. The smallest absolute Gasteiger partial charge is 0.318 e. The van der Waals surface area contributed by atoms with Gasteiger partial charge in [0.15, 0.2) is 5.82 Å². The first-order valence-corrected chi connectivity index (χ1v) is 5.65. The van der Waals surface area contributed by atoms with Gasteiger partial charge in [-0.3, -0.25) is 0 Å². The van der Waals surface area contributed by atoms with Crippen LogP contribution in [-0.2, 0) is 0 Å². The standard InChI is InChI=1S/C11H9BrN4O/c12-8-4-5-9(13)16(7-8)11(17)15-10-3-1-2-6-14-10/h1-7,13H,(H,14,15,17)/p+1. The van der Waals surface area contributed by atoms with Gasteiger partial charge in [-0.25, -0.2) is 15.1 Å². The predicted molar refractivity (Wildman–Crippen MR) is 67.4 cm³/mol. The van der Waals surface area contributed by atoms with Crippen LogP contribution in [0.3, 0.4) is 0 Å². The average Bonchev–Trinajstić information content (AvgIpc) is 2.33. The summed E-state index contributed by atoms with van der Waals surface area (Å²) in [7, 11) is 0. The number of nitrogens with one attached hydrogen (secondary N) is 1. The number of anilines is 2. The molecule has 3 N–H and O–H groups in total. The van der Waals surface area contributed by atoms with E-state index in [4.69, 9.17) is 5.73 Å². The number of carbonyl (C=O) groups excluding carboxylic acids is 1. The first-order valence-electron chi connectivity index (χ1n) is 4.86. The molecule has 2 aromatic heterocycles. The molecule has 86 valence electrons. The highest BCUT2D eigenvalue weighted by atomic mass is 79.9. The van der Waals surface area contributed by atoms with Gasteiger partial charge in [0.2, 0.25) is 5.82 Å². The molecule has 0 atom stereocenters. The van der Waals surface area contributed by atoms with Gasteiger partial charge in [0, 0.05) is 16.7 Å². The van der Waals surface area contributed by atoms with Gasteiger partial charge in [-0.05, 0) is 34.1 Å². The molecule has 0 unspecified atom stereocenters. The van der Waals surface area contributed by atoms with Crippen LogP contribution >= 0.6 is 15.9 Å². The second-order valence-corrected chi connectivity index (χ2v) is 4.20. The van der Waals surface area contributed by atoms with Crippen LogP contribution in [-0.4, -0.2) is 11.0 Å². The van der Waals surface area contributed by atoms with Crippen molar-refractivity contribution < 1.29 is 9.36 Å². The third-order valence-corrected chi connectivity index (χ3v) is 2.53. The van der Waals surface area contributed by atoms with Crippen LogP contribution in [0, 0.1) is 0 Å². The Labute approximate surface area is 106 Å². The van der Waals surface area contributed by atoms with E-state index in [1.807, 2.05) is 0 Å². The molecule has 6 heteroatoms. The number of nitrogen functional groups attached to an aromatic ring is 1. The van der Waals surface area contributed by atoms with Crippen molar-refractivity contribution in [2.24, 2.45) is 0 Å². The van der Waals surface area contributed by atoms with Crippen molar-refractivity contribution in [2.45, 2.75) is 0 Å². The van der Waals surface area contributed by atoms with E-state index in [-0.39, 0.29) is 6.03 Å². The van der Waals surface area contributed by atoms with Crippen LogP contribution in [0.1, 0.15) is 0 Å². The Bertz CT molecular complexity index is 544. The van der Waals surface area contributed by atoms with Crippen molar-refractivity contribution in [1.82, 2.24) is 4.98 Å². The van der Waals surface area contributed by atoms with Crippen LogP contribution < -0.4 is 15.6 Å². The monoisotopic (exact) mass is 293 g/mol. The minimum Gasteiger partial charge on any atom is -0.318 e. The summed E-state index contributed by atoms with van der Waals surface area (Å²) in [5.41, 5.74) is 5.70. The maximum absolute atomic E-state index is 11.9. The van der Waals surface area contributed by atoms with Gasteiger partial charge in [-0.1, -0.05) is 6.07 Å². The third-order valence-electron chi connectivity index (χ3n) is 2.06. The van der Waals surface area contributed by atoms with Gasteiger partial charge in [-0.2, -0.15) is 4.57 Å². The van der Waals surface area contributed by atoms with E-state index in [9.17, 15) is 4.79 Å². The number of nitrogens with zero attached hydrogens (tertiary/aromatic N) is 2. The fourth-order valence-electron chi connectivity index (χ4n) is 1.27. The lowest BCUT2D eigenvalue weighted by molar-refractivity contribution is -0.552. The van der Waals surface area contributed by atoms with Gasteiger partial charge in [0.1, 0.15) is 0 Å². The zero-order valence-electron chi connectivity index (χ0n) is 8.80. The van der Waals surface area contributed by atoms with Crippen molar-refractivity contribution in [1.29, 1.82) is 0 Å². The average molecular weight is 294 g/mol. The van der Waals surface area contributed by atoms with Gasteiger partial charge in [0.05, 0.1) is 6.20 Å². The molecule has 0 bridgehead atoms. The molecule has 0 aromatic carbocycles. The Morgan fingerprint density at radius 1 is 1.35 bits per heavy atom. The molecular weight excluding hydrogens is 284 g/mol. The highest BCUT2D eigenvalue weighted by Gasteiger charge is 2.15. The quantitative estimate of drug-likeness (QED) is 0.788. The van der Waals surface area contributed by atoms with Crippen LogP contribution in [0.5, 0.6) is 0 Å². The molecule has 17 heavy (non-hydrogen) atoms. The fourth-order valence-corrected chi connectivity index (χ4v) is 1.61. The summed E-state index contributed by atoms with van der Waals surface area (Å²) in [6, 6.07) is 8.31. The molecule has 0 saturated heterocycles.